The third kappa shape index (κ3) is 18.3. The maximum absolute atomic E-state index is 13.3. The van der Waals surface area contributed by atoms with Gasteiger partial charge in [-0.25, -0.2) is 58.0 Å². The number of allylic oxidation sites excluding steroid dienone is 3. The molecule has 12 aromatic rings. The average molecular weight is 1630 g/mol. The molecule has 0 amide bonds. The largest absolute Gasteiger partial charge is 0.384 e. The SMILES string of the molecule is C=CCn1c(=O)c2cnc(Nc3ccc(C4CCC(N5CCC5)CC4)cc3)nc2n1-c1cccc(C(C)(C)O)n1.C=CCn1c(=O)c2cnc(Nc3ccc(C4CCC(N5CCC5)CC4)cc3)nc2n1-c1cccc(C(C)(C)O)n1.C=CCn1c(=O)c2cnc(Nc3ccc(C4CCC(N5CCCC5)CC4)cc3)nc2n1-c1cccc(C(C)(C)C)n1. The zero-order valence-electron chi connectivity index (χ0n) is 71.0. The lowest BCUT2D eigenvalue weighted by Gasteiger charge is -2.42. The Kier molecular flexibility index (Phi) is 24.6. The van der Waals surface area contributed by atoms with Gasteiger partial charge in [0.1, 0.15) is 27.4 Å². The first-order valence-electron chi connectivity index (χ1n) is 43.4. The van der Waals surface area contributed by atoms with Crippen LogP contribution in [0.2, 0.25) is 0 Å². The highest BCUT2D eigenvalue weighted by Gasteiger charge is 2.34. The smallest absolute Gasteiger partial charge is 0.278 e. The van der Waals surface area contributed by atoms with Gasteiger partial charge in [-0.3, -0.25) is 14.4 Å². The Hall–Kier alpha value is -11.4. The van der Waals surface area contributed by atoms with Crippen LogP contribution in [0, 0.1) is 0 Å². The summed E-state index contributed by atoms with van der Waals surface area (Å²) in [5.74, 6) is 4.67. The maximum Gasteiger partial charge on any atom is 0.278 e. The van der Waals surface area contributed by atoms with E-state index in [1.165, 1.54) is 168 Å². The zero-order chi connectivity index (χ0) is 84.3. The van der Waals surface area contributed by atoms with Gasteiger partial charge in [-0.1, -0.05) is 93.6 Å². The van der Waals surface area contributed by atoms with Crippen LogP contribution in [0.5, 0.6) is 0 Å². The molecule has 6 fully saturated rings. The van der Waals surface area contributed by atoms with Crippen LogP contribution in [0.3, 0.4) is 0 Å². The Balaban J connectivity index is 0.000000135. The summed E-state index contributed by atoms with van der Waals surface area (Å²) in [6.45, 7) is 33.1. The topological polar surface area (TPSA) is 283 Å². The number of hydrogen-bond acceptors (Lipinski definition) is 20. The van der Waals surface area contributed by atoms with Crippen LogP contribution in [0.25, 0.3) is 50.6 Å². The molecule has 12 heterocycles. The summed E-state index contributed by atoms with van der Waals surface area (Å²) in [5.41, 5.74) is 7.14. The Morgan fingerprint density at radius 2 is 0.636 bits per heavy atom. The van der Waals surface area contributed by atoms with Crippen LogP contribution in [0.4, 0.5) is 34.9 Å². The maximum atomic E-state index is 13.3. The van der Waals surface area contributed by atoms with Gasteiger partial charge in [0.05, 0.1) is 31.0 Å². The summed E-state index contributed by atoms with van der Waals surface area (Å²) in [6, 6.07) is 44.8. The predicted molar refractivity (Wildman–Crippen MR) is 480 cm³/mol. The average Bonchev–Trinajstić information content (AvgIpc) is 1.61. The quantitative estimate of drug-likeness (QED) is 0.0372. The van der Waals surface area contributed by atoms with E-state index >= 15 is 0 Å². The van der Waals surface area contributed by atoms with Gasteiger partial charge < -0.3 is 40.9 Å². The standard InChI is InChI=1S/C33H41N7O.2C31H37N7O2/c1-5-19-39-31(41)27-22-34-32(37-30(27)40(39)29-10-8-9-28(36-29)33(2,3)4)35-25-15-11-23(12-16-25)24-13-17-26(18-14-24)38-20-6-7-21-38;2*1-4-17-37-29(39)25-20-32-30(35-28(25)38(37)27-8-5-7-26(34-27)31(2,3)40)33-23-13-9-21(10-14-23)22-11-15-24(16-12-22)36-18-6-19-36/h5,8-12,15-16,22,24,26H,1,6-7,13-14,17-21H2,2-4H3,(H,34,35,37);2*4-5,7-10,13-14,20,22,24,40H,1,6,11-12,15-19H2,2-3H3,(H,32,33,35). The van der Waals surface area contributed by atoms with Gasteiger partial charge in [0.25, 0.3) is 16.7 Å². The van der Waals surface area contributed by atoms with E-state index in [1.54, 1.807) is 108 Å². The highest BCUT2D eigenvalue weighted by atomic mass is 16.3. The molecule has 5 N–H and O–H groups in total. The fourth-order valence-corrected chi connectivity index (χ4v) is 18.3. The molecule has 18 rings (SSSR count). The van der Waals surface area contributed by atoms with E-state index in [1.807, 2.05) is 30.3 Å². The third-order valence-corrected chi connectivity index (χ3v) is 25.3. The number of pyridine rings is 3. The first-order valence-corrected chi connectivity index (χ1v) is 43.4. The minimum Gasteiger partial charge on any atom is -0.384 e. The van der Waals surface area contributed by atoms with Crippen molar-refractivity contribution in [3.05, 3.63) is 249 Å². The summed E-state index contributed by atoms with van der Waals surface area (Å²) in [7, 11) is 0. The Labute approximate surface area is 706 Å². The number of aliphatic hydroxyl groups is 2. The molecule has 3 aliphatic carbocycles. The van der Waals surface area contributed by atoms with Gasteiger partial charge in [0.15, 0.2) is 34.4 Å². The molecule has 0 atom stereocenters. The zero-order valence-corrected chi connectivity index (χ0v) is 71.0. The number of aromatic nitrogens is 15. The Morgan fingerprint density at radius 3 is 0.893 bits per heavy atom. The van der Waals surface area contributed by atoms with Crippen molar-refractivity contribution in [3.8, 4) is 17.5 Å². The van der Waals surface area contributed by atoms with Gasteiger partial charge in [0, 0.05) is 64.9 Å². The number of anilines is 6. The number of hydrogen-bond donors (Lipinski definition) is 5. The van der Waals surface area contributed by atoms with Crippen molar-refractivity contribution in [1.29, 1.82) is 0 Å². The van der Waals surface area contributed by atoms with E-state index in [4.69, 9.17) is 19.9 Å². The highest BCUT2D eigenvalue weighted by Crippen LogP contribution is 2.41. The molecule has 9 aromatic heterocycles. The van der Waals surface area contributed by atoms with Gasteiger partial charge >= 0.3 is 0 Å². The van der Waals surface area contributed by atoms with Crippen LogP contribution in [0.15, 0.2) is 198 Å². The van der Waals surface area contributed by atoms with E-state index in [-0.39, 0.29) is 35.2 Å². The molecule has 0 bridgehead atoms. The number of fused-ring (bicyclic) bond motifs is 3. The second kappa shape index (κ2) is 35.7. The van der Waals surface area contributed by atoms with Crippen LogP contribution in [0.1, 0.15) is 203 Å². The molecule has 3 aromatic carbocycles. The van der Waals surface area contributed by atoms with Crippen molar-refractivity contribution >= 4 is 68.0 Å². The normalized spacial score (nSPS) is 19.9. The third-order valence-electron chi connectivity index (χ3n) is 25.3. The molecule has 0 radical (unpaired) electrons. The van der Waals surface area contributed by atoms with E-state index in [2.05, 4.69) is 169 Å². The molecule has 6 aliphatic rings. The van der Waals surface area contributed by atoms with Crippen LogP contribution in [-0.2, 0) is 36.3 Å². The van der Waals surface area contributed by atoms with E-state index in [9.17, 15) is 24.6 Å². The van der Waals surface area contributed by atoms with Crippen molar-refractivity contribution in [2.75, 3.05) is 55.2 Å². The number of likely N-dealkylation sites (tertiary alicyclic amines) is 3. The number of benzene rings is 3. The van der Waals surface area contributed by atoms with Crippen molar-refractivity contribution < 1.29 is 10.2 Å². The second-order valence-electron chi connectivity index (χ2n) is 35.5. The van der Waals surface area contributed by atoms with E-state index < -0.39 is 11.2 Å². The fraction of sp³-hybridized carbons (Fsp3) is 0.432. The molecule has 26 nitrogen and oxygen atoms in total. The Morgan fingerprint density at radius 1 is 0.364 bits per heavy atom. The summed E-state index contributed by atoms with van der Waals surface area (Å²) in [4.78, 5) is 89.6. The minimum atomic E-state index is -1.13. The summed E-state index contributed by atoms with van der Waals surface area (Å²) in [5, 5.41) is 32.2. The molecule has 3 aliphatic heterocycles. The molecule has 0 spiro atoms. The van der Waals surface area contributed by atoms with E-state index in [0.717, 1.165) is 40.9 Å². The predicted octanol–water partition coefficient (Wildman–Crippen LogP) is 16.1. The van der Waals surface area contributed by atoms with Gasteiger partial charge in [-0.2, -0.15) is 15.0 Å². The van der Waals surface area contributed by atoms with Crippen molar-refractivity contribution in [3.63, 3.8) is 0 Å². The Bertz CT molecular complexity index is 5620. The van der Waals surface area contributed by atoms with Crippen LogP contribution < -0.4 is 32.6 Å². The molecule has 121 heavy (non-hydrogen) atoms. The molecule has 3 saturated carbocycles. The lowest BCUT2D eigenvalue weighted by molar-refractivity contribution is 0.0733. The summed E-state index contributed by atoms with van der Waals surface area (Å²) < 4.78 is 9.78. The van der Waals surface area contributed by atoms with Crippen molar-refractivity contribution in [2.24, 2.45) is 0 Å². The molecule has 26 heteroatoms. The van der Waals surface area contributed by atoms with Gasteiger partial charge in [0.2, 0.25) is 17.8 Å². The first-order chi connectivity index (χ1) is 58.4. The molecular formula is C95H115N21O5. The summed E-state index contributed by atoms with van der Waals surface area (Å²) in [6.07, 6.45) is 30.4. The molecule has 0 unspecified atom stereocenters. The second-order valence-corrected chi connectivity index (χ2v) is 35.5. The van der Waals surface area contributed by atoms with E-state index in [0.29, 0.717) is 104 Å². The van der Waals surface area contributed by atoms with Gasteiger partial charge in [-0.15, -0.1) is 19.7 Å². The molecule has 3 saturated heterocycles. The monoisotopic (exact) mass is 1630 g/mol. The highest BCUT2D eigenvalue weighted by molar-refractivity contribution is 5.79. The lowest BCUT2D eigenvalue weighted by atomic mass is 9.80. The minimum absolute atomic E-state index is 0.135. The van der Waals surface area contributed by atoms with Gasteiger partial charge in [-0.05, 0) is 277 Å². The fourth-order valence-electron chi connectivity index (χ4n) is 18.3. The summed E-state index contributed by atoms with van der Waals surface area (Å²) >= 11 is 0. The number of rotatable bonds is 23. The molecular weight excluding hydrogens is 1520 g/mol. The number of nitrogens with one attached hydrogen (secondary N) is 3. The van der Waals surface area contributed by atoms with Crippen LogP contribution in [-0.4, -0.2) is 155 Å². The van der Waals surface area contributed by atoms with Crippen molar-refractivity contribution in [1.82, 2.24) is 87.6 Å². The van der Waals surface area contributed by atoms with Crippen LogP contribution >= 0.6 is 0 Å². The van der Waals surface area contributed by atoms with Crippen molar-refractivity contribution in [2.45, 2.75) is 223 Å². The first kappa shape index (κ1) is 83.2. The molecule has 630 valence electrons. The number of nitrogens with zero attached hydrogens (tertiary/aromatic N) is 18. The lowest BCUT2D eigenvalue weighted by Crippen LogP contribution is -2.46.